The number of nitrogens with zero attached hydrogens (tertiary/aromatic N) is 1. The molecule has 180 valence electrons. The number of ether oxygens (including phenoxy) is 2. The van der Waals surface area contributed by atoms with Crippen molar-refractivity contribution in [1.82, 2.24) is 4.31 Å². The fourth-order valence-electron chi connectivity index (χ4n) is 3.73. The summed E-state index contributed by atoms with van der Waals surface area (Å²) in [5.74, 6) is -1.45. The molecule has 1 aliphatic heterocycles. The largest absolute Gasteiger partial charge is 0.480 e. The number of hydrogen-bond donors (Lipinski definition) is 2. The van der Waals surface area contributed by atoms with E-state index in [2.05, 4.69) is 10.1 Å². The summed E-state index contributed by atoms with van der Waals surface area (Å²) in [5.41, 5.74) is 2.33. The van der Waals surface area contributed by atoms with Crippen molar-refractivity contribution < 1.29 is 32.6 Å². The maximum Gasteiger partial charge on any atom is 0.349 e. The summed E-state index contributed by atoms with van der Waals surface area (Å²) in [4.78, 5) is 23.9. The minimum absolute atomic E-state index is 0.0225. The van der Waals surface area contributed by atoms with Gasteiger partial charge in [-0.25, -0.2) is 22.3 Å². The van der Waals surface area contributed by atoms with E-state index >= 15 is 0 Å². The van der Waals surface area contributed by atoms with Crippen molar-refractivity contribution >= 4 is 39.0 Å². The molecule has 1 aromatic carbocycles. The number of hydrogen-bond acceptors (Lipinski definition) is 8. The van der Waals surface area contributed by atoms with Crippen LogP contribution in [0.5, 0.6) is 5.75 Å². The number of benzene rings is 1. The van der Waals surface area contributed by atoms with Gasteiger partial charge in [-0.2, -0.15) is 0 Å². The first-order valence-corrected chi connectivity index (χ1v) is 13.0. The van der Waals surface area contributed by atoms with Crippen molar-refractivity contribution in [2.24, 2.45) is 0 Å². The number of methoxy groups -OCH3 is 1. The molecule has 2 N–H and O–H groups in total. The Hall–Kier alpha value is -2.63. The number of carbonyl (C=O) groups is 2. The third-order valence-electron chi connectivity index (χ3n) is 5.56. The summed E-state index contributed by atoms with van der Waals surface area (Å²) >= 11 is 1.09. The highest BCUT2D eigenvalue weighted by Crippen LogP contribution is 2.42. The van der Waals surface area contributed by atoms with Crippen LogP contribution in [0.15, 0.2) is 24.3 Å². The highest BCUT2D eigenvalue weighted by Gasteiger charge is 2.27. The van der Waals surface area contributed by atoms with E-state index in [0.29, 0.717) is 31.5 Å². The van der Waals surface area contributed by atoms with Crippen LogP contribution in [0.25, 0.3) is 10.4 Å². The molecular formula is C22H28N2O7S2. The molecule has 9 nitrogen and oxygen atoms in total. The summed E-state index contributed by atoms with van der Waals surface area (Å²) in [6, 6.07) is 7.76. The molecule has 1 fully saturated rings. The van der Waals surface area contributed by atoms with E-state index in [0.717, 1.165) is 27.5 Å². The van der Waals surface area contributed by atoms with E-state index in [9.17, 15) is 23.1 Å². The smallest absolute Gasteiger partial charge is 0.349 e. The van der Waals surface area contributed by atoms with Gasteiger partial charge in [0.2, 0.25) is 10.0 Å². The molecule has 0 radical (unpaired) electrons. The molecule has 2 heterocycles. The van der Waals surface area contributed by atoms with Gasteiger partial charge < -0.3 is 19.9 Å². The molecule has 0 saturated carbocycles. The van der Waals surface area contributed by atoms with Crippen LogP contribution in [0, 0.1) is 6.92 Å². The first kappa shape index (κ1) is 25.0. The highest BCUT2D eigenvalue weighted by molar-refractivity contribution is 7.89. The van der Waals surface area contributed by atoms with Gasteiger partial charge in [0.15, 0.2) is 11.5 Å². The van der Waals surface area contributed by atoms with E-state index in [1.807, 2.05) is 24.3 Å². The number of nitrogens with one attached hydrogen (secondary N) is 1. The van der Waals surface area contributed by atoms with E-state index in [4.69, 9.17) is 4.74 Å². The summed E-state index contributed by atoms with van der Waals surface area (Å²) in [6.07, 6.45) is 1.41. The Kier molecular flexibility index (Phi) is 7.98. The third kappa shape index (κ3) is 5.84. The summed E-state index contributed by atoms with van der Waals surface area (Å²) in [6.45, 7) is 4.01. The number of thiophene rings is 1. The first-order valence-electron chi connectivity index (χ1n) is 10.6. The molecule has 0 amide bonds. The van der Waals surface area contributed by atoms with Gasteiger partial charge in [-0.3, -0.25) is 0 Å². The molecule has 0 atom stereocenters. The van der Waals surface area contributed by atoms with Crippen LogP contribution in [0.1, 0.15) is 35.0 Å². The van der Waals surface area contributed by atoms with Gasteiger partial charge in [-0.05, 0) is 44.4 Å². The molecular weight excluding hydrogens is 468 g/mol. The number of anilines is 1. The van der Waals surface area contributed by atoms with Crippen LogP contribution < -0.4 is 10.1 Å². The maximum atomic E-state index is 12.1. The number of sulfonamides is 1. The number of carboxylic acid groups (broad SMARTS) is 1. The normalized spacial score (nSPS) is 15.2. The average molecular weight is 497 g/mol. The number of aromatic carboxylic acids is 1. The van der Waals surface area contributed by atoms with Gasteiger partial charge in [-0.1, -0.05) is 12.1 Å². The van der Waals surface area contributed by atoms with Gasteiger partial charge in [-0.15, -0.1) is 11.3 Å². The first-order chi connectivity index (χ1) is 15.7. The Morgan fingerprint density at radius 1 is 1.27 bits per heavy atom. The van der Waals surface area contributed by atoms with Crippen molar-refractivity contribution in [1.29, 1.82) is 0 Å². The number of piperidine rings is 1. The van der Waals surface area contributed by atoms with Gasteiger partial charge >= 0.3 is 11.9 Å². The van der Waals surface area contributed by atoms with E-state index in [-0.39, 0.29) is 29.0 Å². The van der Waals surface area contributed by atoms with E-state index < -0.39 is 22.0 Å². The van der Waals surface area contributed by atoms with E-state index in [1.54, 1.807) is 18.2 Å². The van der Waals surface area contributed by atoms with Gasteiger partial charge in [0.1, 0.15) is 5.75 Å². The number of carboxylic acids is 1. The Morgan fingerprint density at radius 3 is 2.58 bits per heavy atom. The van der Waals surface area contributed by atoms with Crippen LogP contribution in [-0.2, 0) is 19.6 Å². The lowest BCUT2D eigenvalue weighted by Crippen LogP contribution is -2.42. The zero-order valence-corrected chi connectivity index (χ0v) is 20.4. The van der Waals surface area contributed by atoms with Gasteiger partial charge in [0.25, 0.3) is 0 Å². The van der Waals surface area contributed by atoms with Crippen LogP contribution in [0.4, 0.5) is 5.69 Å². The van der Waals surface area contributed by atoms with Crippen molar-refractivity contribution in [3.05, 3.63) is 34.7 Å². The Bertz CT molecular complexity index is 1120. The fraction of sp³-hybridized carbons (Fsp3) is 0.455. The number of carbonyl (C=O) groups excluding carboxylic acids is 1. The minimum Gasteiger partial charge on any atom is -0.480 e. The quantitative estimate of drug-likeness (QED) is 0.508. The van der Waals surface area contributed by atoms with E-state index in [1.165, 1.54) is 7.11 Å². The van der Waals surface area contributed by atoms with Gasteiger partial charge in [0, 0.05) is 35.3 Å². The Labute approximate surface area is 197 Å². The minimum atomic E-state index is -3.17. The van der Waals surface area contributed by atoms with Crippen LogP contribution >= 0.6 is 11.3 Å². The predicted molar refractivity (Wildman–Crippen MR) is 127 cm³/mol. The molecule has 1 aliphatic rings. The highest BCUT2D eigenvalue weighted by atomic mass is 32.2. The zero-order chi connectivity index (χ0) is 24.2. The van der Waals surface area contributed by atoms with Crippen molar-refractivity contribution in [3.63, 3.8) is 0 Å². The lowest BCUT2D eigenvalue weighted by atomic mass is 10.0. The standard InChI is InChI=1S/C22H28N2O7S2/c1-4-33(28,29)24-10-8-16(9-11-24)23-17-7-5-6-15(12-17)20-14(2)19(21(32-20)22(26)27)31-13-18(25)30-3/h5-7,12,16,23H,4,8-11,13H2,1-3H3,(H,26,27). The molecule has 0 bridgehead atoms. The van der Waals surface area contributed by atoms with Crippen molar-refractivity contribution in [3.8, 4) is 16.2 Å². The second-order valence-corrected chi connectivity index (χ2v) is 11.0. The van der Waals surface area contributed by atoms with Crippen LogP contribution in [0.3, 0.4) is 0 Å². The number of rotatable bonds is 9. The molecule has 33 heavy (non-hydrogen) atoms. The second-order valence-electron chi connectivity index (χ2n) is 7.68. The lowest BCUT2D eigenvalue weighted by Gasteiger charge is -2.32. The van der Waals surface area contributed by atoms with Crippen LogP contribution in [0.2, 0.25) is 0 Å². The molecule has 0 unspecified atom stereocenters. The molecule has 1 saturated heterocycles. The average Bonchev–Trinajstić information content (AvgIpc) is 3.14. The Balaban J connectivity index is 1.77. The fourth-order valence-corrected chi connectivity index (χ4v) is 5.94. The Morgan fingerprint density at radius 2 is 1.97 bits per heavy atom. The number of esters is 1. The SMILES string of the molecule is CCS(=O)(=O)N1CCC(Nc2cccc(-c3sc(C(=O)O)c(OCC(=O)OC)c3C)c2)CC1. The molecule has 0 aliphatic carbocycles. The summed E-state index contributed by atoms with van der Waals surface area (Å²) in [7, 11) is -1.93. The summed E-state index contributed by atoms with van der Waals surface area (Å²) in [5, 5.41) is 13.1. The molecule has 11 heteroatoms. The lowest BCUT2D eigenvalue weighted by molar-refractivity contribution is -0.142. The molecule has 1 aromatic heterocycles. The maximum absolute atomic E-state index is 12.1. The molecule has 0 spiro atoms. The third-order valence-corrected chi connectivity index (χ3v) is 8.75. The van der Waals surface area contributed by atoms with Crippen LogP contribution in [-0.4, -0.2) is 68.4 Å². The predicted octanol–water partition coefficient (Wildman–Crippen LogP) is 3.20. The second kappa shape index (κ2) is 10.5. The van der Waals surface area contributed by atoms with Crippen molar-refractivity contribution in [2.75, 3.05) is 37.9 Å². The summed E-state index contributed by atoms with van der Waals surface area (Å²) < 4.78 is 35.7. The molecule has 2 aromatic rings. The van der Waals surface area contributed by atoms with Gasteiger partial charge in [0.05, 0.1) is 12.9 Å². The monoisotopic (exact) mass is 496 g/mol. The zero-order valence-electron chi connectivity index (χ0n) is 18.8. The molecule has 3 rings (SSSR count). The topological polar surface area (TPSA) is 122 Å². The van der Waals surface area contributed by atoms with Crippen molar-refractivity contribution in [2.45, 2.75) is 32.7 Å².